The average Bonchev–Trinajstić information content (AvgIpc) is 2.44. The number of hydrogen-bond acceptors (Lipinski definition) is 5. The summed E-state index contributed by atoms with van der Waals surface area (Å²) in [5.41, 5.74) is -0.943. The van der Waals surface area contributed by atoms with E-state index in [4.69, 9.17) is 9.47 Å². The number of carboxylic acids is 1. The van der Waals surface area contributed by atoms with Crippen molar-refractivity contribution in [3.63, 3.8) is 0 Å². The zero-order chi connectivity index (χ0) is 20.5. The third kappa shape index (κ3) is 9.63. The highest BCUT2D eigenvalue weighted by Gasteiger charge is 2.33. The summed E-state index contributed by atoms with van der Waals surface area (Å²) < 4.78 is 10.5. The van der Waals surface area contributed by atoms with Crippen molar-refractivity contribution < 1.29 is 29.0 Å². The number of ether oxygens (including phenoxy) is 2. The zero-order valence-electron chi connectivity index (χ0n) is 17.1. The Morgan fingerprint density at radius 3 is 2.08 bits per heavy atom. The molecule has 0 aromatic rings. The van der Waals surface area contributed by atoms with Crippen LogP contribution in [0.1, 0.15) is 74.1 Å². The second-order valence-electron chi connectivity index (χ2n) is 7.96. The zero-order valence-corrected chi connectivity index (χ0v) is 17.1. The highest BCUT2D eigenvalue weighted by molar-refractivity contribution is 5.73. The summed E-state index contributed by atoms with van der Waals surface area (Å²) in [6.07, 6.45) is 0.413. The van der Waals surface area contributed by atoms with Crippen molar-refractivity contribution in [1.82, 2.24) is 5.32 Å². The van der Waals surface area contributed by atoms with Crippen molar-refractivity contribution in [2.24, 2.45) is 17.8 Å². The molecule has 0 bridgehead atoms. The molecule has 1 unspecified atom stereocenters. The molecule has 0 aliphatic rings. The van der Waals surface area contributed by atoms with Crippen LogP contribution in [0.15, 0.2) is 0 Å². The lowest BCUT2D eigenvalue weighted by Crippen LogP contribution is -2.50. The molecule has 0 aromatic heterocycles. The van der Waals surface area contributed by atoms with E-state index in [0.717, 1.165) is 12.8 Å². The number of amides is 1. The Kier molecular flexibility index (Phi) is 10.3. The molecule has 0 aliphatic carbocycles. The van der Waals surface area contributed by atoms with E-state index in [1.807, 2.05) is 6.92 Å². The van der Waals surface area contributed by atoms with Gasteiger partial charge >= 0.3 is 18.0 Å². The van der Waals surface area contributed by atoms with E-state index in [0.29, 0.717) is 6.42 Å². The molecule has 26 heavy (non-hydrogen) atoms. The smallest absolute Gasteiger partial charge is 0.410 e. The lowest BCUT2D eigenvalue weighted by atomic mass is 9.85. The number of carboxylic acid groups (broad SMARTS) is 1. The summed E-state index contributed by atoms with van der Waals surface area (Å²) in [5, 5.41) is 11.9. The predicted molar refractivity (Wildman–Crippen MR) is 98.5 cm³/mol. The SMILES string of the molecule is CCCC(C)C[C@](C)(CC(=O)O)NC(=O)O[C@@H](OC(=O)C(C)C)C(C)C. The van der Waals surface area contributed by atoms with Gasteiger partial charge in [-0.25, -0.2) is 4.79 Å². The number of carbonyl (C=O) groups excluding carboxylic acids is 2. The number of nitrogens with one attached hydrogen (secondary N) is 1. The predicted octanol–water partition coefficient (Wildman–Crippen LogP) is 3.95. The molecule has 0 radical (unpaired) electrons. The molecule has 2 N–H and O–H groups in total. The van der Waals surface area contributed by atoms with E-state index < -0.39 is 29.9 Å². The van der Waals surface area contributed by atoms with Crippen molar-refractivity contribution in [1.29, 1.82) is 0 Å². The number of aliphatic carboxylic acids is 1. The Labute approximate surface area is 156 Å². The van der Waals surface area contributed by atoms with E-state index in [-0.39, 0.29) is 24.2 Å². The molecular weight excluding hydrogens is 338 g/mol. The van der Waals surface area contributed by atoms with E-state index in [1.165, 1.54) is 0 Å². The molecule has 152 valence electrons. The van der Waals surface area contributed by atoms with Gasteiger partial charge in [0, 0.05) is 5.92 Å². The number of alkyl carbamates (subject to hydrolysis) is 1. The maximum absolute atomic E-state index is 12.3. The Morgan fingerprint density at radius 2 is 1.65 bits per heavy atom. The van der Waals surface area contributed by atoms with Crippen LogP contribution in [0.5, 0.6) is 0 Å². The van der Waals surface area contributed by atoms with Crippen LogP contribution in [0.2, 0.25) is 0 Å². The summed E-state index contributed by atoms with van der Waals surface area (Å²) in [6.45, 7) is 12.7. The van der Waals surface area contributed by atoms with E-state index in [9.17, 15) is 19.5 Å². The van der Waals surface area contributed by atoms with Crippen LogP contribution >= 0.6 is 0 Å². The van der Waals surface area contributed by atoms with Crippen LogP contribution in [0.25, 0.3) is 0 Å². The molecule has 0 saturated heterocycles. The summed E-state index contributed by atoms with van der Waals surface area (Å²) >= 11 is 0. The van der Waals surface area contributed by atoms with Crippen LogP contribution in [0, 0.1) is 17.8 Å². The minimum atomic E-state index is -1.02. The van der Waals surface area contributed by atoms with Gasteiger partial charge in [-0.05, 0) is 19.3 Å². The first kappa shape index (κ1) is 24.2. The molecule has 0 fully saturated rings. The standard InChI is InChI=1S/C19H35NO6/c1-8-9-14(6)10-19(7,11-15(21)22)20-18(24)26-17(13(4)5)25-16(23)12(2)3/h12-14,17H,8-11H2,1-7H3,(H,20,24)(H,21,22)/t14?,17-,19-/m1/s1. The molecule has 7 nitrogen and oxygen atoms in total. The van der Waals surface area contributed by atoms with Gasteiger partial charge in [-0.15, -0.1) is 0 Å². The largest absolute Gasteiger partial charge is 0.481 e. The van der Waals surface area contributed by atoms with Gasteiger partial charge in [0.25, 0.3) is 6.29 Å². The van der Waals surface area contributed by atoms with Crippen molar-refractivity contribution in [2.75, 3.05) is 0 Å². The van der Waals surface area contributed by atoms with E-state index in [1.54, 1.807) is 34.6 Å². The Balaban J connectivity index is 5.04. The third-order valence-electron chi connectivity index (χ3n) is 4.00. The summed E-state index contributed by atoms with van der Waals surface area (Å²) in [7, 11) is 0. The van der Waals surface area contributed by atoms with Gasteiger partial charge in [-0.1, -0.05) is 54.4 Å². The number of hydrogen-bond donors (Lipinski definition) is 2. The minimum absolute atomic E-state index is 0.214. The van der Waals surface area contributed by atoms with Gasteiger partial charge in [-0.2, -0.15) is 0 Å². The molecule has 1 amide bonds. The van der Waals surface area contributed by atoms with Crippen LogP contribution in [-0.2, 0) is 19.1 Å². The molecule has 0 saturated carbocycles. The monoisotopic (exact) mass is 373 g/mol. The molecular formula is C19H35NO6. The quantitative estimate of drug-likeness (QED) is 0.420. The van der Waals surface area contributed by atoms with Gasteiger partial charge in [0.2, 0.25) is 0 Å². The van der Waals surface area contributed by atoms with Crippen LogP contribution in [0.3, 0.4) is 0 Å². The Morgan fingerprint density at radius 1 is 1.08 bits per heavy atom. The van der Waals surface area contributed by atoms with Crippen molar-refractivity contribution in [3.05, 3.63) is 0 Å². The average molecular weight is 373 g/mol. The number of rotatable bonds is 11. The lowest BCUT2D eigenvalue weighted by Gasteiger charge is -2.32. The van der Waals surface area contributed by atoms with Crippen LogP contribution in [-0.4, -0.2) is 35.0 Å². The summed E-state index contributed by atoms with van der Waals surface area (Å²) in [6, 6.07) is 0. The number of esters is 1. The first-order valence-corrected chi connectivity index (χ1v) is 9.31. The van der Waals surface area contributed by atoms with Gasteiger partial charge in [-0.3, -0.25) is 9.59 Å². The van der Waals surface area contributed by atoms with E-state index in [2.05, 4.69) is 12.2 Å². The minimum Gasteiger partial charge on any atom is -0.481 e. The Hall–Kier alpha value is -1.79. The molecule has 0 aliphatic heterocycles. The number of carbonyl (C=O) groups is 3. The normalized spacial score (nSPS) is 15.9. The molecule has 7 heteroatoms. The fraction of sp³-hybridized carbons (Fsp3) is 0.842. The van der Waals surface area contributed by atoms with Crippen molar-refractivity contribution in [2.45, 2.75) is 86.0 Å². The maximum Gasteiger partial charge on any atom is 0.410 e. The summed E-state index contributed by atoms with van der Waals surface area (Å²) in [5.74, 6) is -1.77. The highest BCUT2D eigenvalue weighted by Crippen LogP contribution is 2.24. The molecule has 0 spiro atoms. The first-order valence-electron chi connectivity index (χ1n) is 9.31. The van der Waals surface area contributed by atoms with Crippen LogP contribution in [0.4, 0.5) is 4.79 Å². The third-order valence-corrected chi connectivity index (χ3v) is 4.00. The van der Waals surface area contributed by atoms with Gasteiger partial charge in [0.05, 0.1) is 17.9 Å². The van der Waals surface area contributed by atoms with Crippen molar-refractivity contribution in [3.8, 4) is 0 Å². The molecule has 0 aromatic carbocycles. The van der Waals surface area contributed by atoms with Crippen molar-refractivity contribution >= 4 is 18.0 Å². The fourth-order valence-corrected chi connectivity index (χ4v) is 2.79. The van der Waals surface area contributed by atoms with E-state index >= 15 is 0 Å². The topological polar surface area (TPSA) is 102 Å². The maximum atomic E-state index is 12.3. The van der Waals surface area contributed by atoms with Gasteiger partial charge in [0.1, 0.15) is 0 Å². The highest BCUT2D eigenvalue weighted by atomic mass is 16.7. The van der Waals surface area contributed by atoms with Gasteiger partial charge < -0.3 is 19.9 Å². The fourth-order valence-electron chi connectivity index (χ4n) is 2.79. The second kappa shape index (κ2) is 11.0. The lowest BCUT2D eigenvalue weighted by molar-refractivity contribution is -0.178. The first-order chi connectivity index (χ1) is 11.9. The molecule has 0 heterocycles. The summed E-state index contributed by atoms with van der Waals surface area (Å²) in [4.78, 5) is 35.3. The Bertz CT molecular complexity index is 477. The second-order valence-corrected chi connectivity index (χ2v) is 7.96. The molecule has 0 rings (SSSR count). The van der Waals surface area contributed by atoms with Gasteiger partial charge in [0.15, 0.2) is 0 Å². The van der Waals surface area contributed by atoms with Crippen LogP contribution < -0.4 is 5.32 Å². The molecule has 3 atom stereocenters.